The Kier molecular flexibility index (Phi) is 7.54. The number of aromatic nitrogens is 4. The molecule has 3 aliphatic rings. The summed E-state index contributed by atoms with van der Waals surface area (Å²) < 4.78 is 10.3. The van der Waals surface area contributed by atoms with E-state index in [9.17, 15) is 0 Å². The molecule has 0 atom stereocenters. The number of hydrogen-bond donors (Lipinski definition) is 0. The summed E-state index contributed by atoms with van der Waals surface area (Å²) in [5.74, 6) is 0. The standard InChI is InChI=1S/C88H48N4/c1-87(2)69-37-63-53-25-15-23-51-47-19-5-11-29-73(47)89(83(51)53)77(63)41-59(69)60-42-79-64(38-70(60)87)55-35-33-49(81-57-21-7-13-31-75(57)91(79)85(55)81)50-34-36-56-66-40-72-62(44-80(66)92-76-32-14-8-22-58(76)82(50)86(56)92)61-43-78-65(54-26-16-24-52-48-20-6-12-30-74(48)90(78)84(52)54)39-71(61)88(72)67-27-9-3-17-45(67)46-18-4-10-28-68(46)88/h3-44H,1-2H3. The predicted octanol–water partition coefficient (Wildman–Crippen LogP) is 22.6. The van der Waals surface area contributed by atoms with Crippen molar-refractivity contribution < 1.29 is 0 Å². The lowest BCUT2D eigenvalue weighted by molar-refractivity contribution is 0.662. The third-order valence-corrected chi connectivity index (χ3v) is 23.7. The Bertz CT molecular complexity index is 7230. The molecule has 22 aromatic rings. The number of hydrogen-bond acceptors (Lipinski definition) is 0. The van der Waals surface area contributed by atoms with E-state index in [1.54, 1.807) is 0 Å². The van der Waals surface area contributed by atoms with E-state index >= 15 is 0 Å². The summed E-state index contributed by atoms with van der Waals surface area (Å²) in [6.07, 6.45) is 0. The summed E-state index contributed by atoms with van der Waals surface area (Å²) in [7, 11) is 0. The third kappa shape index (κ3) is 4.79. The average Bonchev–Trinajstić information content (AvgIpc) is 1.50. The van der Waals surface area contributed by atoms with E-state index in [0.29, 0.717) is 0 Å². The van der Waals surface area contributed by atoms with Crippen molar-refractivity contribution in [2.24, 2.45) is 0 Å². The van der Waals surface area contributed by atoms with Crippen LogP contribution < -0.4 is 0 Å². The predicted molar refractivity (Wildman–Crippen MR) is 384 cm³/mol. The summed E-state index contributed by atoms with van der Waals surface area (Å²) in [5.41, 5.74) is 33.3. The van der Waals surface area contributed by atoms with Gasteiger partial charge in [0.15, 0.2) is 0 Å². The summed E-state index contributed by atoms with van der Waals surface area (Å²) in [6, 6.07) is 99.1. The van der Waals surface area contributed by atoms with Crippen molar-refractivity contribution in [2.45, 2.75) is 24.7 Å². The van der Waals surface area contributed by atoms with Crippen LogP contribution in [0.4, 0.5) is 0 Å². The fourth-order valence-electron chi connectivity index (χ4n) is 20.2. The number of benzene rings is 14. The van der Waals surface area contributed by atoms with E-state index in [0.717, 1.165) is 0 Å². The van der Waals surface area contributed by atoms with Crippen LogP contribution in [0.25, 0.3) is 197 Å². The summed E-state index contributed by atoms with van der Waals surface area (Å²) in [6.45, 7) is 4.90. The van der Waals surface area contributed by atoms with Crippen LogP contribution >= 0.6 is 0 Å². The van der Waals surface area contributed by atoms with Gasteiger partial charge in [-0.3, -0.25) is 0 Å². The van der Waals surface area contributed by atoms with Crippen molar-refractivity contribution in [3.63, 3.8) is 0 Å². The minimum atomic E-state index is -0.532. The number of para-hydroxylation sites is 6. The molecule has 0 bridgehead atoms. The second-order valence-electron chi connectivity index (χ2n) is 27.7. The van der Waals surface area contributed by atoms with Crippen LogP contribution in [0.3, 0.4) is 0 Å². The zero-order chi connectivity index (χ0) is 59.3. The molecule has 0 unspecified atom stereocenters. The normalized spacial score (nSPS) is 14.8. The molecule has 4 nitrogen and oxygen atoms in total. The molecule has 0 N–H and O–H groups in total. The molecule has 420 valence electrons. The van der Waals surface area contributed by atoms with Crippen molar-refractivity contribution in [1.82, 2.24) is 17.6 Å². The molecule has 3 aliphatic carbocycles. The quantitative estimate of drug-likeness (QED) is 0.156. The number of rotatable bonds is 1. The minimum Gasteiger partial charge on any atom is -0.308 e. The van der Waals surface area contributed by atoms with Crippen LogP contribution in [0, 0.1) is 0 Å². The highest BCUT2D eigenvalue weighted by Gasteiger charge is 2.52. The van der Waals surface area contributed by atoms with Gasteiger partial charge in [0.1, 0.15) is 0 Å². The van der Waals surface area contributed by atoms with E-state index in [4.69, 9.17) is 0 Å². The van der Waals surface area contributed by atoms with Gasteiger partial charge in [-0.1, -0.05) is 196 Å². The SMILES string of the molecule is CC1(C)c2cc3c4cccc5c6ccccc6n(c3cc2-c2cc3c(cc21)c1ccc(-c2ccc6c7cc8c(cc7n7c9ccccc9c2c67)-c2cc6c(cc2C82c7ccccc7-c7ccccc72)c2cccc7c8ccccc8n6c72)c2c6ccccc6n3c12)c54. The molecule has 0 amide bonds. The fraction of sp³-hybridized carbons (Fsp3) is 0.0455. The molecule has 0 saturated heterocycles. The fourth-order valence-corrected chi connectivity index (χ4v) is 20.2. The maximum absolute atomic E-state index is 2.63. The molecule has 0 aliphatic heterocycles. The molecule has 4 heteroatoms. The first-order valence-corrected chi connectivity index (χ1v) is 32.6. The van der Waals surface area contributed by atoms with Crippen LogP contribution in [-0.2, 0) is 10.8 Å². The van der Waals surface area contributed by atoms with Gasteiger partial charge in [0.2, 0.25) is 0 Å². The van der Waals surface area contributed by atoms with Crippen molar-refractivity contribution in [2.75, 3.05) is 0 Å². The Hall–Kier alpha value is -11.7. The molecule has 25 rings (SSSR count). The number of nitrogens with zero attached hydrogens (tertiary/aromatic N) is 4. The van der Waals surface area contributed by atoms with E-state index in [1.807, 2.05) is 0 Å². The second-order valence-corrected chi connectivity index (χ2v) is 27.7. The van der Waals surface area contributed by atoms with Crippen molar-refractivity contribution in [3.8, 4) is 44.5 Å². The topological polar surface area (TPSA) is 17.6 Å². The zero-order valence-corrected chi connectivity index (χ0v) is 50.0. The van der Waals surface area contributed by atoms with Crippen LogP contribution in [0.15, 0.2) is 255 Å². The van der Waals surface area contributed by atoms with Crippen LogP contribution in [-0.4, -0.2) is 17.6 Å². The summed E-state index contributed by atoms with van der Waals surface area (Å²) in [5, 5.41) is 20.9. The van der Waals surface area contributed by atoms with Gasteiger partial charge in [-0.25, -0.2) is 0 Å². The Labute approximate surface area is 524 Å². The lowest BCUT2D eigenvalue weighted by Gasteiger charge is -2.30. The molecule has 0 saturated carbocycles. The molecule has 0 fully saturated rings. The minimum absolute atomic E-state index is 0.209. The highest BCUT2D eigenvalue weighted by atomic mass is 14.9. The summed E-state index contributed by atoms with van der Waals surface area (Å²) >= 11 is 0. The van der Waals surface area contributed by atoms with Crippen molar-refractivity contribution in [1.29, 1.82) is 0 Å². The first-order valence-electron chi connectivity index (χ1n) is 32.6. The molecular weight excluding hydrogens is 1110 g/mol. The lowest BCUT2D eigenvalue weighted by Crippen LogP contribution is -2.25. The average molecular weight is 1160 g/mol. The van der Waals surface area contributed by atoms with Gasteiger partial charge >= 0.3 is 0 Å². The zero-order valence-electron chi connectivity index (χ0n) is 50.0. The van der Waals surface area contributed by atoms with Gasteiger partial charge < -0.3 is 17.6 Å². The maximum atomic E-state index is 2.63. The lowest BCUT2D eigenvalue weighted by atomic mass is 9.70. The largest absolute Gasteiger partial charge is 0.308 e. The third-order valence-electron chi connectivity index (χ3n) is 23.7. The Balaban J connectivity index is 0.752. The molecule has 8 aromatic heterocycles. The first kappa shape index (κ1) is 46.4. The van der Waals surface area contributed by atoms with Crippen LogP contribution in [0.1, 0.15) is 47.2 Å². The van der Waals surface area contributed by atoms with Crippen molar-refractivity contribution in [3.05, 3.63) is 288 Å². The molecule has 14 aromatic carbocycles. The summed E-state index contributed by atoms with van der Waals surface area (Å²) in [4.78, 5) is 0. The Morgan fingerprint density at radius 2 is 0.500 bits per heavy atom. The highest BCUT2D eigenvalue weighted by Crippen LogP contribution is 2.65. The molecule has 0 radical (unpaired) electrons. The van der Waals surface area contributed by atoms with E-state index in [-0.39, 0.29) is 5.41 Å². The van der Waals surface area contributed by atoms with E-state index in [1.165, 1.54) is 230 Å². The van der Waals surface area contributed by atoms with Gasteiger partial charge in [-0.05, 0) is 151 Å². The van der Waals surface area contributed by atoms with Gasteiger partial charge in [0.05, 0.1) is 71.6 Å². The van der Waals surface area contributed by atoms with Gasteiger partial charge in [0, 0.05) is 91.6 Å². The molecular formula is C88H48N4. The van der Waals surface area contributed by atoms with Crippen LogP contribution in [0.2, 0.25) is 0 Å². The number of fused-ring (bicyclic) bond motifs is 37. The van der Waals surface area contributed by atoms with Gasteiger partial charge in [0.25, 0.3) is 0 Å². The first-order chi connectivity index (χ1) is 45.4. The second kappa shape index (κ2) is 14.9. The highest BCUT2D eigenvalue weighted by molar-refractivity contribution is 6.33. The Morgan fingerprint density at radius 3 is 0.924 bits per heavy atom. The molecule has 92 heavy (non-hydrogen) atoms. The maximum Gasteiger partial charge on any atom is 0.0726 e. The monoisotopic (exact) mass is 1160 g/mol. The van der Waals surface area contributed by atoms with Gasteiger partial charge in [-0.15, -0.1) is 0 Å². The van der Waals surface area contributed by atoms with Crippen LogP contribution in [0.5, 0.6) is 0 Å². The van der Waals surface area contributed by atoms with Gasteiger partial charge in [-0.2, -0.15) is 0 Å². The molecule has 8 heterocycles. The Morgan fingerprint density at radius 1 is 0.196 bits per heavy atom. The van der Waals surface area contributed by atoms with E-state index in [2.05, 4.69) is 286 Å². The molecule has 1 spiro atoms. The van der Waals surface area contributed by atoms with E-state index < -0.39 is 5.41 Å². The smallest absolute Gasteiger partial charge is 0.0726 e. The van der Waals surface area contributed by atoms with Crippen molar-refractivity contribution >= 4 is 152 Å².